The number of nitrogens with zero attached hydrogens (tertiary/aromatic N) is 6. The van der Waals surface area contributed by atoms with Crippen LogP contribution in [0.25, 0.3) is 16.9 Å². The minimum Gasteiger partial charge on any atom is -0.380 e. The van der Waals surface area contributed by atoms with Crippen molar-refractivity contribution in [3.63, 3.8) is 0 Å². The molecule has 0 radical (unpaired) electrons. The molecule has 0 unspecified atom stereocenters. The molecule has 10 heteroatoms. The van der Waals surface area contributed by atoms with Gasteiger partial charge in [0.1, 0.15) is 10.8 Å². The van der Waals surface area contributed by atoms with E-state index in [0.29, 0.717) is 11.3 Å². The fraction of sp³-hybridized carbons (Fsp3) is 0.412. The lowest BCUT2D eigenvalue weighted by atomic mass is 9.78. The van der Waals surface area contributed by atoms with Crippen LogP contribution in [0.5, 0.6) is 0 Å². The number of halogens is 3. The number of alkyl halides is 2. The normalized spacial score (nSPS) is 18.6. The molecule has 0 amide bonds. The number of hydrogen-bond donors (Lipinski definition) is 0. The van der Waals surface area contributed by atoms with E-state index in [1.54, 1.807) is 12.3 Å². The quantitative estimate of drug-likeness (QED) is 0.638. The largest absolute Gasteiger partial charge is 0.380 e. The van der Waals surface area contributed by atoms with Gasteiger partial charge < -0.3 is 9.64 Å². The molecule has 0 saturated carbocycles. The highest BCUT2D eigenvalue weighted by Crippen LogP contribution is 2.42. The third kappa shape index (κ3) is 2.64. The van der Waals surface area contributed by atoms with Crippen LogP contribution in [-0.2, 0) is 10.7 Å². The van der Waals surface area contributed by atoms with E-state index in [1.165, 1.54) is 16.9 Å². The highest BCUT2D eigenvalue weighted by molar-refractivity contribution is 6.30. The van der Waals surface area contributed by atoms with Crippen molar-refractivity contribution in [3.8, 4) is 5.95 Å². The van der Waals surface area contributed by atoms with E-state index in [4.69, 9.17) is 16.3 Å². The summed E-state index contributed by atoms with van der Waals surface area (Å²) >= 11 is 6.05. The van der Waals surface area contributed by atoms with Gasteiger partial charge in [-0.1, -0.05) is 11.6 Å². The van der Waals surface area contributed by atoms with Gasteiger partial charge in [-0.15, -0.1) is 5.10 Å². The predicted octanol–water partition coefficient (Wildman–Crippen LogP) is 2.81. The first-order valence-corrected chi connectivity index (χ1v) is 8.81. The zero-order chi connectivity index (χ0) is 18.8. The molecule has 2 aliphatic rings. The van der Waals surface area contributed by atoms with Crippen LogP contribution in [-0.4, -0.2) is 51.0 Å². The van der Waals surface area contributed by atoms with Gasteiger partial charge in [-0.3, -0.25) is 0 Å². The van der Waals surface area contributed by atoms with Crippen molar-refractivity contribution in [1.82, 2.24) is 24.7 Å². The Bertz CT molecular complexity index is 1040. The van der Waals surface area contributed by atoms with Gasteiger partial charge in [0.2, 0.25) is 0 Å². The Morgan fingerprint density at radius 3 is 2.70 bits per heavy atom. The lowest BCUT2D eigenvalue weighted by molar-refractivity contribution is -0.127. The van der Waals surface area contributed by atoms with E-state index in [9.17, 15) is 8.78 Å². The molecule has 7 nitrogen and oxygen atoms in total. The third-order valence-electron chi connectivity index (χ3n) is 4.96. The van der Waals surface area contributed by atoms with Crippen LogP contribution in [0.4, 0.5) is 14.6 Å². The fourth-order valence-electron chi connectivity index (χ4n) is 3.54. The summed E-state index contributed by atoms with van der Waals surface area (Å²) in [6, 6.07) is 2.83. The molecule has 0 N–H and O–H groups in total. The molecule has 5 heterocycles. The van der Waals surface area contributed by atoms with Crippen LogP contribution in [0.2, 0.25) is 5.15 Å². The van der Waals surface area contributed by atoms with Gasteiger partial charge in [-0.2, -0.15) is 13.5 Å². The van der Waals surface area contributed by atoms with Gasteiger partial charge >= 0.3 is 0 Å². The molecule has 0 bridgehead atoms. The molecule has 0 aromatic carbocycles. The minimum absolute atomic E-state index is 0.0646. The van der Waals surface area contributed by atoms with E-state index in [2.05, 4.69) is 25.0 Å². The van der Waals surface area contributed by atoms with Crippen LogP contribution >= 0.6 is 11.6 Å². The van der Waals surface area contributed by atoms with Crippen LogP contribution in [0, 0.1) is 5.41 Å². The first-order chi connectivity index (χ1) is 12.8. The fourth-order valence-corrected chi connectivity index (χ4v) is 3.69. The maximum absolute atomic E-state index is 13.7. The number of ether oxygens (including phenoxy) is 1. The van der Waals surface area contributed by atoms with Gasteiger partial charge in [0, 0.05) is 38.5 Å². The first kappa shape index (κ1) is 16.8. The Morgan fingerprint density at radius 2 is 2.04 bits per heavy atom. The number of aromatic nitrogens is 5. The molecular formula is C17H15ClF2N6O. The third-order valence-corrected chi connectivity index (χ3v) is 5.17. The summed E-state index contributed by atoms with van der Waals surface area (Å²) in [5.74, 6) is -2.30. The van der Waals surface area contributed by atoms with Crippen molar-refractivity contribution in [2.24, 2.45) is 5.41 Å². The molecule has 140 valence electrons. The molecule has 3 aromatic rings. The number of hydrogen-bond acceptors (Lipinski definition) is 6. The molecule has 2 fully saturated rings. The summed E-state index contributed by atoms with van der Waals surface area (Å²) < 4.78 is 34.1. The molecule has 0 atom stereocenters. The van der Waals surface area contributed by atoms with Crippen molar-refractivity contribution in [1.29, 1.82) is 0 Å². The lowest BCUT2D eigenvalue weighted by Gasteiger charge is -2.55. The molecule has 1 spiro atoms. The number of anilines is 1. The van der Waals surface area contributed by atoms with Crippen molar-refractivity contribution in [2.45, 2.75) is 12.8 Å². The topological polar surface area (TPSA) is 69.0 Å². The maximum atomic E-state index is 13.7. The van der Waals surface area contributed by atoms with Crippen LogP contribution in [0.3, 0.4) is 0 Å². The predicted molar refractivity (Wildman–Crippen MR) is 94.5 cm³/mol. The highest BCUT2D eigenvalue weighted by Gasteiger charge is 2.50. The maximum Gasteiger partial charge on any atom is 0.287 e. The second-order valence-electron chi connectivity index (χ2n) is 7.24. The van der Waals surface area contributed by atoms with Crippen molar-refractivity contribution >= 4 is 28.3 Å². The molecule has 2 aliphatic heterocycles. The molecular weight excluding hydrogens is 378 g/mol. The number of fused-ring (bicyclic) bond motifs is 1. The van der Waals surface area contributed by atoms with Gasteiger partial charge in [0.15, 0.2) is 5.82 Å². The highest BCUT2D eigenvalue weighted by atomic mass is 35.5. The van der Waals surface area contributed by atoms with E-state index in [1.807, 2.05) is 0 Å². The Balaban J connectivity index is 1.61. The van der Waals surface area contributed by atoms with Gasteiger partial charge in [0.05, 0.1) is 29.5 Å². The molecule has 3 aromatic heterocycles. The Hall–Kier alpha value is -2.39. The minimum atomic E-state index is -3.07. The van der Waals surface area contributed by atoms with Crippen LogP contribution in [0.15, 0.2) is 24.5 Å². The Labute approximate surface area is 157 Å². The average molecular weight is 393 g/mol. The Morgan fingerprint density at radius 1 is 1.26 bits per heavy atom. The van der Waals surface area contributed by atoms with E-state index in [-0.39, 0.29) is 22.2 Å². The van der Waals surface area contributed by atoms with Crippen molar-refractivity contribution in [2.75, 3.05) is 31.2 Å². The van der Waals surface area contributed by atoms with E-state index < -0.39 is 5.92 Å². The summed E-state index contributed by atoms with van der Waals surface area (Å²) in [7, 11) is 0. The molecule has 27 heavy (non-hydrogen) atoms. The Kier molecular flexibility index (Phi) is 3.45. The van der Waals surface area contributed by atoms with E-state index >= 15 is 0 Å². The van der Waals surface area contributed by atoms with Crippen LogP contribution < -0.4 is 4.90 Å². The summed E-state index contributed by atoms with van der Waals surface area (Å²) in [4.78, 5) is 14.4. The summed E-state index contributed by atoms with van der Waals surface area (Å²) in [6.45, 7) is 3.96. The van der Waals surface area contributed by atoms with E-state index in [0.717, 1.165) is 38.6 Å². The zero-order valence-electron chi connectivity index (χ0n) is 14.4. The zero-order valence-corrected chi connectivity index (χ0v) is 15.1. The number of pyridine rings is 1. The second kappa shape index (κ2) is 5.56. The van der Waals surface area contributed by atoms with Gasteiger partial charge in [0.25, 0.3) is 11.9 Å². The smallest absolute Gasteiger partial charge is 0.287 e. The second-order valence-corrected chi connectivity index (χ2v) is 7.63. The lowest BCUT2D eigenvalue weighted by Crippen LogP contribution is -2.66. The van der Waals surface area contributed by atoms with Gasteiger partial charge in [-0.25, -0.2) is 15.0 Å². The molecule has 5 rings (SSSR count). The summed E-state index contributed by atoms with van der Waals surface area (Å²) in [5.41, 5.74) is 0.455. The average Bonchev–Trinajstić information content (AvgIpc) is 2.90. The standard InChI is InChI=1S/C17H15ClF2N6O/c1-16(19,20)12-2-3-21-15(23-12)26-11-4-13(18)22-5-10(11)14(24-26)25-6-17(7-25)8-27-9-17/h2-5H,6-9H2,1H3. The summed E-state index contributed by atoms with van der Waals surface area (Å²) in [5, 5.41) is 5.65. The first-order valence-electron chi connectivity index (χ1n) is 8.43. The summed E-state index contributed by atoms with van der Waals surface area (Å²) in [6.07, 6.45) is 2.94. The molecule has 0 aliphatic carbocycles. The van der Waals surface area contributed by atoms with Crippen molar-refractivity contribution < 1.29 is 13.5 Å². The van der Waals surface area contributed by atoms with Crippen LogP contribution in [0.1, 0.15) is 12.6 Å². The van der Waals surface area contributed by atoms with Gasteiger partial charge in [-0.05, 0) is 6.07 Å². The molecule has 2 saturated heterocycles. The SMILES string of the molecule is CC(F)(F)c1ccnc(-n2nc(N3CC4(COC4)C3)c3cnc(Cl)cc32)n1. The monoisotopic (exact) mass is 392 g/mol. The number of rotatable bonds is 3. The van der Waals surface area contributed by atoms with Crippen molar-refractivity contribution in [3.05, 3.63) is 35.4 Å².